The fourth-order valence-electron chi connectivity index (χ4n) is 0.939. The molecule has 15 heavy (non-hydrogen) atoms. The number of hydrogen-bond donors (Lipinski definition) is 1. The molecule has 1 N–H and O–H groups in total. The largest absolute Gasteiger partial charge is 0.465 e. The Kier molecular flexibility index (Phi) is 9.52. The van der Waals surface area contributed by atoms with Gasteiger partial charge >= 0.3 is 5.97 Å². The highest BCUT2D eigenvalue weighted by molar-refractivity contribution is 5.71. The van der Waals surface area contributed by atoms with Gasteiger partial charge in [-0.25, -0.2) is 0 Å². The summed E-state index contributed by atoms with van der Waals surface area (Å²) in [7, 11) is 0. The number of carbonyl (C=O) groups is 1. The van der Waals surface area contributed by atoms with Gasteiger partial charge in [0.25, 0.3) is 0 Å². The van der Waals surface area contributed by atoms with E-state index in [2.05, 4.69) is 12.2 Å². The molecule has 0 unspecified atom stereocenters. The van der Waals surface area contributed by atoms with Crippen LogP contribution >= 0.6 is 0 Å². The minimum absolute atomic E-state index is 0.187. The average Bonchev–Trinajstić information content (AvgIpc) is 2.17. The highest BCUT2D eigenvalue weighted by atomic mass is 16.5. The summed E-state index contributed by atoms with van der Waals surface area (Å²) >= 11 is 0. The topological polar surface area (TPSA) is 47.6 Å². The van der Waals surface area contributed by atoms with Crippen LogP contribution in [0.1, 0.15) is 33.6 Å². The predicted molar refractivity (Wildman–Crippen MR) is 59.8 cm³/mol. The molecule has 4 heteroatoms. The summed E-state index contributed by atoms with van der Waals surface area (Å²) in [5, 5.41) is 2.97. The Morgan fingerprint density at radius 2 is 2.07 bits per heavy atom. The first-order chi connectivity index (χ1) is 7.16. The molecular formula is C11H23NO3. The van der Waals surface area contributed by atoms with Crippen molar-refractivity contribution in [3.63, 3.8) is 0 Å². The van der Waals surface area contributed by atoms with Crippen molar-refractivity contribution in [2.75, 3.05) is 26.3 Å². The monoisotopic (exact) mass is 217 g/mol. The quantitative estimate of drug-likeness (QED) is 0.468. The van der Waals surface area contributed by atoms with E-state index in [1.807, 2.05) is 13.8 Å². The van der Waals surface area contributed by atoms with Gasteiger partial charge in [-0.2, -0.15) is 0 Å². The maximum Gasteiger partial charge on any atom is 0.319 e. The highest BCUT2D eigenvalue weighted by Crippen LogP contribution is 1.88. The van der Waals surface area contributed by atoms with Crippen LogP contribution in [0.15, 0.2) is 0 Å². The van der Waals surface area contributed by atoms with Crippen LogP contribution in [0.25, 0.3) is 0 Å². The first kappa shape index (κ1) is 14.4. The molecular weight excluding hydrogens is 194 g/mol. The third-order valence-corrected chi connectivity index (χ3v) is 1.76. The minimum atomic E-state index is -0.187. The first-order valence-corrected chi connectivity index (χ1v) is 5.64. The second kappa shape index (κ2) is 9.93. The highest BCUT2D eigenvalue weighted by Gasteiger charge is 2.01. The third kappa shape index (κ3) is 11.3. The molecule has 0 saturated heterocycles. The van der Waals surface area contributed by atoms with E-state index < -0.39 is 0 Å². The van der Waals surface area contributed by atoms with Crippen molar-refractivity contribution in [3.05, 3.63) is 0 Å². The van der Waals surface area contributed by atoms with Crippen LogP contribution in [0.5, 0.6) is 0 Å². The summed E-state index contributed by atoms with van der Waals surface area (Å²) in [6.07, 6.45) is 2.22. The zero-order valence-corrected chi connectivity index (χ0v) is 10.0. The maximum absolute atomic E-state index is 11.1. The van der Waals surface area contributed by atoms with Gasteiger partial charge in [-0.05, 0) is 20.3 Å². The first-order valence-electron chi connectivity index (χ1n) is 5.64. The summed E-state index contributed by atoms with van der Waals surface area (Å²) in [5.74, 6) is -0.187. The zero-order valence-electron chi connectivity index (χ0n) is 10.0. The standard InChI is InChI=1S/C11H23NO3/c1-4-5-7-15-11(13)9-12-6-8-14-10(2)3/h10,12H,4-9H2,1-3H3. The van der Waals surface area contributed by atoms with Gasteiger partial charge < -0.3 is 14.8 Å². The lowest BCUT2D eigenvalue weighted by Gasteiger charge is -2.08. The lowest BCUT2D eigenvalue weighted by atomic mass is 10.4. The molecule has 0 rings (SSSR count). The molecule has 0 aromatic heterocycles. The number of rotatable bonds is 9. The van der Waals surface area contributed by atoms with Crippen LogP contribution < -0.4 is 5.32 Å². The van der Waals surface area contributed by atoms with Crippen LogP contribution in [-0.4, -0.2) is 38.4 Å². The Hall–Kier alpha value is -0.610. The summed E-state index contributed by atoms with van der Waals surface area (Å²) < 4.78 is 10.3. The van der Waals surface area contributed by atoms with Gasteiger partial charge in [-0.3, -0.25) is 4.79 Å². The van der Waals surface area contributed by atoms with Gasteiger partial charge in [0.1, 0.15) is 0 Å². The van der Waals surface area contributed by atoms with Gasteiger partial charge in [-0.1, -0.05) is 13.3 Å². The molecule has 0 aliphatic heterocycles. The van der Waals surface area contributed by atoms with Crippen molar-refractivity contribution in [2.24, 2.45) is 0 Å². The molecule has 0 bridgehead atoms. The number of unbranched alkanes of at least 4 members (excludes halogenated alkanes) is 1. The number of ether oxygens (including phenoxy) is 2. The molecule has 0 heterocycles. The summed E-state index contributed by atoms with van der Waals surface area (Å²) in [6.45, 7) is 8.14. The van der Waals surface area contributed by atoms with E-state index in [9.17, 15) is 4.79 Å². The molecule has 0 aromatic carbocycles. The van der Waals surface area contributed by atoms with E-state index in [4.69, 9.17) is 9.47 Å². The lowest BCUT2D eigenvalue weighted by molar-refractivity contribution is -0.142. The van der Waals surface area contributed by atoms with E-state index in [0.717, 1.165) is 12.8 Å². The fourth-order valence-corrected chi connectivity index (χ4v) is 0.939. The Labute approximate surface area is 92.3 Å². The molecule has 0 aliphatic rings. The Bertz CT molecular complexity index is 160. The van der Waals surface area contributed by atoms with Crippen LogP contribution in [0.4, 0.5) is 0 Å². The van der Waals surface area contributed by atoms with Crippen molar-refractivity contribution in [1.82, 2.24) is 5.32 Å². The van der Waals surface area contributed by atoms with E-state index in [1.165, 1.54) is 0 Å². The Balaban J connectivity index is 3.17. The summed E-state index contributed by atoms with van der Waals surface area (Å²) in [6, 6.07) is 0. The molecule has 0 amide bonds. The minimum Gasteiger partial charge on any atom is -0.465 e. The van der Waals surface area contributed by atoms with Crippen molar-refractivity contribution in [2.45, 2.75) is 39.7 Å². The van der Waals surface area contributed by atoms with Crippen LogP contribution in [-0.2, 0) is 14.3 Å². The van der Waals surface area contributed by atoms with E-state index in [0.29, 0.717) is 19.8 Å². The molecule has 0 fully saturated rings. The van der Waals surface area contributed by atoms with Crippen molar-refractivity contribution in [3.8, 4) is 0 Å². The second-order valence-electron chi connectivity index (χ2n) is 3.67. The van der Waals surface area contributed by atoms with E-state index >= 15 is 0 Å². The normalized spacial score (nSPS) is 10.7. The SMILES string of the molecule is CCCCOC(=O)CNCCOC(C)C. The second-order valence-corrected chi connectivity index (χ2v) is 3.67. The van der Waals surface area contributed by atoms with E-state index in [1.54, 1.807) is 0 Å². The number of hydrogen-bond acceptors (Lipinski definition) is 4. The molecule has 0 spiro atoms. The van der Waals surface area contributed by atoms with Gasteiger partial charge in [0.2, 0.25) is 0 Å². The third-order valence-electron chi connectivity index (χ3n) is 1.76. The molecule has 0 saturated carbocycles. The van der Waals surface area contributed by atoms with Gasteiger partial charge in [0.05, 0.1) is 25.9 Å². The van der Waals surface area contributed by atoms with Crippen molar-refractivity contribution >= 4 is 5.97 Å². The summed E-state index contributed by atoms with van der Waals surface area (Å²) in [5.41, 5.74) is 0. The molecule has 90 valence electrons. The Morgan fingerprint density at radius 3 is 2.67 bits per heavy atom. The van der Waals surface area contributed by atoms with E-state index in [-0.39, 0.29) is 18.6 Å². The van der Waals surface area contributed by atoms with Crippen LogP contribution in [0, 0.1) is 0 Å². The molecule has 0 radical (unpaired) electrons. The smallest absolute Gasteiger partial charge is 0.319 e. The van der Waals surface area contributed by atoms with Crippen LogP contribution in [0.3, 0.4) is 0 Å². The fraction of sp³-hybridized carbons (Fsp3) is 0.909. The molecule has 0 aromatic rings. The van der Waals surface area contributed by atoms with Gasteiger partial charge in [0, 0.05) is 6.54 Å². The molecule has 4 nitrogen and oxygen atoms in total. The molecule has 0 aliphatic carbocycles. The maximum atomic E-state index is 11.1. The van der Waals surface area contributed by atoms with Crippen LogP contribution in [0.2, 0.25) is 0 Å². The predicted octanol–water partition coefficient (Wildman–Crippen LogP) is 1.34. The van der Waals surface area contributed by atoms with Crippen molar-refractivity contribution < 1.29 is 14.3 Å². The number of nitrogens with one attached hydrogen (secondary N) is 1. The number of carbonyl (C=O) groups excluding carboxylic acids is 1. The average molecular weight is 217 g/mol. The van der Waals surface area contributed by atoms with Gasteiger partial charge in [0.15, 0.2) is 0 Å². The zero-order chi connectivity index (χ0) is 11.5. The Morgan fingerprint density at radius 1 is 1.33 bits per heavy atom. The molecule has 0 atom stereocenters. The summed E-state index contributed by atoms with van der Waals surface area (Å²) in [4.78, 5) is 11.1. The van der Waals surface area contributed by atoms with Gasteiger partial charge in [-0.15, -0.1) is 0 Å². The lowest BCUT2D eigenvalue weighted by Crippen LogP contribution is -2.28. The van der Waals surface area contributed by atoms with Crippen molar-refractivity contribution in [1.29, 1.82) is 0 Å². The number of esters is 1.